The van der Waals surface area contributed by atoms with E-state index in [1.807, 2.05) is 0 Å². The molecule has 0 aliphatic carbocycles. The zero-order valence-corrected chi connectivity index (χ0v) is 12.3. The third-order valence-corrected chi connectivity index (χ3v) is 5.32. The van der Waals surface area contributed by atoms with Gasteiger partial charge in [-0.15, -0.1) is 0 Å². The van der Waals surface area contributed by atoms with Gasteiger partial charge in [0.05, 0.1) is 16.6 Å². The van der Waals surface area contributed by atoms with Gasteiger partial charge in [-0.3, -0.25) is 10.1 Å². The van der Waals surface area contributed by atoms with E-state index in [2.05, 4.69) is 4.72 Å². The molecule has 21 heavy (non-hydrogen) atoms. The Morgan fingerprint density at radius 1 is 1.52 bits per heavy atom. The second kappa shape index (κ2) is 5.32. The van der Waals surface area contributed by atoms with Crippen molar-refractivity contribution < 1.29 is 22.5 Å². The number of nitro benzene ring substituents is 1. The maximum Gasteiger partial charge on any atom is 0.324 e. The Morgan fingerprint density at radius 3 is 2.71 bits per heavy atom. The van der Waals surface area contributed by atoms with Crippen molar-refractivity contribution in [3.63, 3.8) is 0 Å². The Hall–Kier alpha value is -1.58. The molecule has 1 fully saturated rings. The van der Waals surface area contributed by atoms with Crippen LogP contribution in [0.5, 0.6) is 0 Å². The standard InChI is InChI=1S/C12H15FN2O5S/c1-8-12(2,6-7-20-8)14-21(18,19)10-5-3-4-9(13)11(10)15(16)17/h3-5,8,14H,6-7H2,1-2H3. The summed E-state index contributed by atoms with van der Waals surface area (Å²) in [4.78, 5) is 9.19. The van der Waals surface area contributed by atoms with E-state index in [0.717, 1.165) is 18.2 Å². The first-order valence-corrected chi connectivity index (χ1v) is 7.74. The van der Waals surface area contributed by atoms with Crippen molar-refractivity contribution in [3.05, 3.63) is 34.1 Å². The van der Waals surface area contributed by atoms with Crippen LogP contribution in [0, 0.1) is 15.9 Å². The second-order valence-electron chi connectivity index (χ2n) is 5.13. The first-order valence-electron chi connectivity index (χ1n) is 6.26. The fourth-order valence-electron chi connectivity index (χ4n) is 2.22. The predicted molar refractivity (Wildman–Crippen MR) is 71.8 cm³/mol. The van der Waals surface area contributed by atoms with Crippen LogP contribution in [0.15, 0.2) is 23.1 Å². The van der Waals surface area contributed by atoms with Gasteiger partial charge in [-0.2, -0.15) is 4.39 Å². The van der Waals surface area contributed by atoms with Gasteiger partial charge in [0.2, 0.25) is 15.8 Å². The van der Waals surface area contributed by atoms with Crippen LogP contribution in [0.25, 0.3) is 0 Å². The summed E-state index contributed by atoms with van der Waals surface area (Å²) in [5.41, 5.74) is -1.95. The number of nitro groups is 1. The molecule has 1 aliphatic heterocycles. The fourth-order valence-corrected chi connectivity index (χ4v) is 3.90. The van der Waals surface area contributed by atoms with E-state index in [1.165, 1.54) is 0 Å². The number of halogens is 1. The van der Waals surface area contributed by atoms with Gasteiger partial charge in [0.1, 0.15) is 0 Å². The number of hydrogen-bond acceptors (Lipinski definition) is 5. The molecule has 1 N–H and O–H groups in total. The lowest BCUT2D eigenvalue weighted by Crippen LogP contribution is -2.50. The van der Waals surface area contributed by atoms with Crippen LogP contribution in [0.2, 0.25) is 0 Å². The van der Waals surface area contributed by atoms with Gasteiger partial charge in [0.15, 0.2) is 4.90 Å². The number of nitrogens with one attached hydrogen (secondary N) is 1. The smallest absolute Gasteiger partial charge is 0.324 e. The van der Waals surface area contributed by atoms with Gasteiger partial charge in [-0.05, 0) is 32.4 Å². The summed E-state index contributed by atoms with van der Waals surface area (Å²) in [5, 5.41) is 10.9. The van der Waals surface area contributed by atoms with Crippen LogP contribution >= 0.6 is 0 Å². The highest BCUT2D eigenvalue weighted by molar-refractivity contribution is 7.89. The maximum atomic E-state index is 13.6. The van der Waals surface area contributed by atoms with Crippen molar-refractivity contribution in [2.45, 2.75) is 36.8 Å². The van der Waals surface area contributed by atoms with Crippen LogP contribution < -0.4 is 4.72 Å². The Morgan fingerprint density at radius 2 is 2.19 bits per heavy atom. The van der Waals surface area contributed by atoms with Crippen LogP contribution in [-0.2, 0) is 14.8 Å². The molecular weight excluding hydrogens is 303 g/mol. The van der Waals surface area contributed by atoms with Crippen molar-refractivity contribution >= 4 is 15.7 Å². The topological polar surface area (TPSA) is 98.5 Å². The average molecular weight is 318 g/mol. The summed E-state index contributed by atoms with van der Waals surface area (Å²) >= 11 is 0. The van der Waals surface area contributed by atoms with E-state index < -0.39 is 36.9 Å². The number of ether oxygens (including phenoxy) is 1. The fraction of sp³-hybridized carbons (Fsp3) is 0.500. The first-order chi connectivity index (χ1) is 9.67. The minimum absolute atomic E-state index is 0.380. The van der Waals surface area contributed by atoms with Gasteiger partial charge in [0.25, 0.3) is 0 Å². The molecule has 1 heterocycles. The molecule has 0 amide bonds. The molecule has 1 aromatic carbocycles. The van der Waals surface area contributed by atoms with Gasteiger partial charge in [-0.1, -0.05) is 6.07 Å². The minimum atomic E-state index is -4.24. The molecule has 1 aliphatic rings. The Bertz CT molecular complexity index is 678. The van der Waals surface area contributed by atoms with Gasteiger partial charge in [0, 0.05) is 6.61 Å². The molecule has 2 atom stereocenters. The molecular formula is C12H15FN2O5S. The molecule has 9 heteroatoms. The molecule has 0 spiro atoms. The molecule has 1 saturated heterocycles. The molecule has 1 aromatic rings. The van der Waals surface area contributed by atoms with Gasteiger partial charge < -0.3 is 4.74 Å². The van der Waals surface area contributed by atoms with E-state index >= 15 is 0 Å². The Labute approximate surface area is 121 Å². The number of benzene rings is 1. The van der Waals surface area contributed by atoms with Gasteiger partial charge >= 0.3 is 5.69 Å². The van der Waals surface area contributed by atoms with E-state index in [9.17, 15) is 22.9 Å². The molecule has 116 valence electrons. The summed E-state index contributed by atoms with van der Waals surface area (Å²) in [6.07, 6.45) is 0.0381. The van der Waals surface area contributed by atoms with Crippen molar-refractivity contribution in [1.82, 2.24) is 4.72 Å². The van der Waals surface area contributed by atoms with Crippen LogP contribution in [-0.4, -0.2) is 31.6 Å². The number of hydrogen-bond donors (Lipinski definition) is 1. The molecule has 7 nitrogen and oxygen atoms in total. The van der Waals surface area contributed by atoms with E-state index in [0.29, 0.717) is 13.0 Å². The third kappa shape index (κ3) is 2.89. The van der Waals surface area contributed by atoms with E-state index in [-0.39, 0.29) is 6.10 Å². The predicted octanol–water partition coefficient (Wildman–Crippen LogP) is 1.58. The van der Waals surface area contributed by atoms with Crippen LogP contribution in [0.3, 0.4) is 0 Å². The largest absolute Gasteiger partial charge is 0.376 e. The summed E-state index contributed by atoms with van der Waals surface area (Å²) < 4.78 is 46.0. The second-order valence-corrected chi connectivity index (χ2v) is 6.78. The minimum Gasteiger partial charge on any atom is -0.376 e. The van der Waals surface area contributed by atoms with Gasteiger partial charge in [-0.25, -0.2) is 13.1 Å². The first kappa shape index (κ1) is 15.8. The molecule has 0 saturated carbocycles. The number of para-hydroxylation sites is 1. The highest BCUT2D eigenvalue weighted by Gasteiger charge is 2.42. The molecule has 0 radical (unpaired) electrons. The zero-order valence-electron chi connectivity index (χ0n) is 11.5. The third-order valence-electron chi connectivity index (χ3n) is 3.68. The highest BCUT2D eigenvalue weighted by Crippen LogP contribution is 2.31. The lowest BCUT2D eigenvalue weighted by atomic mass is 9.97. The normalized spacial score (nSPS) is 26.0. The van der Waals surface area contributed by atoms with Crippen molar-refractivity contribution in [1.29, 1.82) is 0 Å². The summed E-state index contributed by atoms with van der Waals surface area (Å²) in [5.74, 6) is -1.19. The lowest BCUT2D eigenvalue weighted by molar-refractivity contribution is -0.390. The van der Waals surface area contributed by atoms with Crippen molar-refractivity contribution in [2.75, 3.05) is 6.61 Å². The Balaban J connectivity index is 2.46. The molecule has 0 bridgehead atoms. The monoisotopic (exact) mass is 318 g/mol. The summed E-state index contributed by atoms with van der Waals surface area (Å²) in [7, 11) is -4.24. The number of sulfonamides is 1. The zero-order chi connectivity index (χ0) is 15.8. The SMILES string of the molecule is CC1OCCC1(C)NS(=O)(=O)c1cccc(F)c1[N+](=O)[O-]. The van der Waals surface area contributed by atoms with Crippen LogP contribution in [0.4, 0.5) is 10.1 Å². The molecule has 2 unspecified atom stereocenters. The molecule has 0 aromatic heterocycles. The van der Waals surface area contributed by atoms with Crippen LogP contribution in [0.1, 0.15) is 20.3 Å². The van der Waals surface area contributed by atoms with E-state index in [4.69, 9.17) is 4.74 Å². The number of rotatable bonds is 4. The maximum absolute atomic E-state index is 13.6. The molecule has 2 rings (SSSR count). The average Bonchev–Trinajstić information content (AvgIpc) is 2.67. The highest BCUT2D eigenvalue weighted by atomic mass is 32.2. The van der Waals surface area contributed by atoms with Crippen molar-refractivity contribution in [3.8, 4) is 0 Å². The Kier molecular flexibility index (Phi) is 4.00. The van der Waals surface area contributed by atoms with Crippen molar-refractivity contribution in [2.24, 2.45) is 0 Å². The summed E-state index contributed by atoms with van der Waals surface area (Å²) in [6, 6.07) is 2.97. The summed E-state index contributed by atoms with van der Waals surface area (Å²) in [6.45, 7) is 3.73. The van der Waals surface area contributed by atoms with E-state index in [1.54, 1.807) is 13.8 Å². The lowest BCUT2D eigenvalue weighted by Gasteiger charge is -2.28. The number of nitrogens with zero attached hydrogens (tertiary/aromatic N) is 1. The quantitative estimate of drug-likeness (QED) is 0.671.